The quantitative estimate of drug-likeness (QED) is 0.624. The summed E-state index contributed by atoms with van der Waals surface area (Å²) in [5.74, 6) is 0. The van der Waals surface area contributed by atoms with Gasteiger partial charge in [0.05, 0.1) is 6.61 Å². The SMILES string of the molecule is CC/C=C(/C)C/C=C\COC(F)(F)F. The summed E-state index contributed by atoms with van der Waals surface area (Å²) in [6.07, 6.45) is 2.18. The summed E-state index contributed by atoms with van der Waals surface area (Å²) >= 11 is 0. The van der Waals surface area contributed by atoms with E-state index in [0.717, 1.165) is 12.0 Å². The molecule has 0 amide bonds. The van der Waals surface area contributed by atoms with Crippen molar-refractivity contribution in [2.75, 3.05) is 6.61 Å². The van der Waals surface area contributed by atoms with Crippen LogP contribution in [-0.4, -0.2) is 13.0 Å². The molecule has 0 aromatic carbocycles. The summed E-state index contributed by atoms with van der Waals surface area (Å²) in [5.41, 5.74) is 1.15. The Kier molecular flexibility index (Phi) is 6.28. The number of hydrogen-bond donors (Lipinski definition) is 0. The molecule has 1 nitrogen and oxygen atoms in total. The van der Waals surface area contributed by atoms with Crippen LogP contribution in [0.2, 0.25) is 0 Å². The van der Waals surface area contributed by atoms with Crippen LogP contribution in [0.5, 0.6) is 0 Å². The van der Waals surface area contributed by atoms with E-state index >= 15 is 0 Å². The molecule has 14 heavy (non-hydrogen) atoms. The molecule has 0 spiro atoms. The first-order valence-electron chi connectivity index (χ1n) is 4.47. The average Bonchev–Trinajstić information content (AvgIpc) is 2.02. The van der Waals surface area contributed by atoms with Crippen LogP contribution in [0.25, 0.3) is 0 Å². The predicted molar refractivity (Wildman–Crippen MR) is 49.8 cm³/mol. The third-order valence-corrected chi connectivity index (χ3v) is 1.50. The fourth-order valence-corrected chi connectivity index (χ4v) is 0.912. The average molecular weight is 208 g/mol. The van der Waals surface area contributed by atoms with E-state index in [4.69, 9.17) is 0 Å². The Morgan fingerprint density at radius 1 is 1.29 bits per heavy atom. The largest absolute Gasteiger partial charge is 0.522 e. The molecule has 0 aromatic rings. The molecule has 0 aliphatic carbocycles. The van der Waals surface area contributed by atoms with Gasteiger partial charge in [-0.25, -0.2) is 0 Å². The zero-order valence-electron chi connectivity index (χ0n) is 8.40. The Morgan fingerprint density at radius 2 is 1.93 bits per heavy atom. The van der Waals surface area contributed by atoms with Gasteiger partial charge in [0.25, 0.3) is 0 Å². The Balaban J connectivity index is 3.60. The summed E-state index contributed by atoms with van der Waals surface area (Å²) in [6, 6.07) is 0. The summed E-state index contributed by atoms with van der Waals surface area (Å²) in [4.78, 5) is 0. The van der Waals surface area contributed by atoms with Gasteiger partial charge in [-0.05, 0) is 19.8 Å². The van der Waals surface area contributed by atoms with Crippen molar-refractivity contribution in [3.8, 4) is 0 Å². The maximum absolute atomic E-state index is 11.5. The van der Waals surface area contributed by atoms with Crippen molar-refractivity contribution in [3.63, 3.8) is 0 Å². The molecule has 0 rings (SSSR count). The molecule has 0 atom stereocenters. The highest BCUT2D eigenvalue weighted by Crippen LogP contribution is 2.15. The fourth-order valence-electron chi connectivity index (χ4n) is 0.912. The third-order valence-electron chi connectivity index (χ3n) is 1.50. The predicted octanol–water partition coefficient (Wildman–Crippen LogP) is 3.83. The van der Waals surface area contributed by atoms with Crippen LogP contribution in [-0.2, 0) is 4.74 Å². The molecule has 0 radical (unpaired) electrons. The lowest BCUT2D eigenvalue weighted by Gasteiger charge is -2.03. The Morgan fingerprint density at radius 3 is 2.43 bits per heavy atom. The van der Waals surface area contributed by atoms with E-state index in [2.05, 4.69) is 4.74 Å². The van der Waals surface area contributed by atoms with Crippen molar-refractivity contribution in [3.05, 3.63) is 23.8 Å². The number of ether oxygens (including phenoxy) is 1. The Bertz CT molecular complexity index is 204. The van der Waals surface area contributed by atoms with E-state index in [1.807, 2.05) is 19.9 Å². The molecule has 0 aromatic heterocycles. The standard InChI is InChI=1S/C10H15F3O/c1-3-6-9(2)7-4-5-8-14-10(11,12)13/h4-6H,3,7-8H2,1-2H3/b5-4-,9-6-. The molecule has 0 aliphatic heterocycles. The number of alkyl halides is 3. The minimum Gasteiger partial charge on any atom is -0.288 e. The highest BCUT2D eigenvalue weighted by atomic mass is 19.4. The number of hydrogen-bond acceptors (Lipinski definition) is 1. The van der Waals surface area contributed by atoms with Gasteiger partial charge >= 0.3 is 6.36 Å². The van der Waals surface area contributed by atoms with Gasteiger partial charge in [-0.15, -0.1) is 13.2 Å². The zero-order valence-corrected chi connectivity index (χ0v) is 8.40. The summed E-state index contributed by atoms with van der Waals surface area (Å²) < 4.78 is 38.0. The first-order chi connectivity index (χ1) is 6.45. The molecule has 0 saturated carbocycles. The molecule has 82 valence electrons. The smallest absolute Gasteiger partial charge is 0.288 e. The van der Waals surface area contributed by atoms with Crippen LogP contribution >= 0.6 is 0 Å². The van der Waals surface area contributed by atoms with E-state index in [0.29, 0.717) is 6.42 Å². The molecule has 0 aliphatic rings. The first-order valence-corrected chi connectivity index (χ1v) is 4.47. The van der Waals surface area contributed by atoms with E-state index in [9.17, 15) is 13.2 Å². The van der Waals surface area contributed by atoms with Crippen molar-refractivity contribution < 1.29 is 17.9 Å². The first kappa shape index (κ1) is 13.2. The summed E-state index contributed by atoms with van der Waals surface area (Å²) in [7, 11) is 0. The normalized spacial score (nSPS) is 13.9. The second-order valence-corrected chi connectivity index (χ2v) is 2.89. The number of allylic oxidation sites excluding steroid dienone is 3. The van der Waals surface area contributed by atoms with Crippen LogP contribution in [0, 0.1) is 0 Å². The van der Waals surface area contributed by atoms with Crippen molar-refractivity contribution in [2.45, 2.75) is 33.1 Å². The highest BCUT2D eigenvalue weighted by molar-refractivity contribution is 5.04. The van der Waals surface area contributed by atoms with E-state index in [-0.39, 0.29) is 0 Å². The molecule has 0 fully saturated rings. The van der Waals surface area contributed by atoms with Crippen LogP contribution < -0.4 is 0 Å². The van der Waals surface area contributed by atoms with Gasteiger partial charge in [-0.2, -0.15) is 0 Å². The van der Waals surface area contributed by atoms with Gasteiger partial charge < -0.3 is 0 Å². The fraction of sp³-hybridized carbons (Fsp3) is 0.600. The lowest BCUT2D eigenvalue weighted by atomic mass is 10.2. The Labute approximate surface area is 82.3 Å². The third kappa shape index (κ3) is 9.32. The van der Waals surface area contributed by atoms with Crippen molar-refractivity contribution in [2.24, 2.45) is 0 Å². The Hall–Kier alpha value is -0.770. The van der Waals surface area contributed by atoms with Gasteiger partial charge in [0.2, 0.25) is 0 Å². The monoisotopic (exact) mass is 208 g/mol. The molecular weight excluding hydrogens is 193 g/mol. The van der Waals surface area contributed by atoms with Crippen LogP contribution in [0.1, 0.15) is 26.7 Å². The molecule has 0 heterocycles. The van der Waals surface area contributed by atoms with Gasteiger partial charge in [0.1, 0.15) is 0 Å². The van der Waals surface area contributed by atoms with Crippen molar-refractivity contribution in [1.82, 2.24) is 0 Å². The molecular formula is C10H15F3O. The van der Waals surface area contributed by atoms with E-state index in [1.165, 1.54) is 6.08 Å². The molecule has 0 bridgehead atoms. The molecule has 0 N–H and O–H groups in total. The minimum absolute atomic E-state index is 0.414. The topological polar surface area (TPSA) is 9.23 Å². The van der Waals surface area contributed by atoms with Gasteiger partial charge in [-0.1, -0.05) is 30.7 Å². The van der Waals surface area contributed by atoms with E-state index in [1.54, 1.807) is 6.08 Å². The maximum atomic E-state index is 11.5. The molecule has 4 heteroatoms. The second-order valence-electron chi connectivity index (χ2n) is 2.89. The lowest BCUT2D eigenvalue weighted by molar-refractivity contribution is -0.319. The zero-order chi connectivity index (χ0) is 11.0. The van der Waals surface area contributed by atoms with Crippen LogP contribution in [0.4, 0.5) is 13.2 Å². The minimum atomic E-state index is -4.53. The van der Waals surface area contributed by atoms with Gasteiger partial charge in [0.15, 0.2) is 0 Å². The van der Waals surface area contributed by atoms with Crippen molar-refractivity contribution in [1.29, 1.82) is 0 Å². The molecule has 0 saturated heterocycles. The highest BCUT2D eigenvalue weighted by Gasteiger charge is 2.27. The second kappa shape index (κ2) is 6.65. The van der Waals surface area contributed by atoms with E-state index < -0.39 is 13.0 Å². The summed E-state index contributed by atoms with van der Waals surface area (Å²) in [5, 5.41) is 0. The molecule has 0 unspecified atom stereocenters. The lowest BCUT2D eigenvalue weighted by Crippen LogP contribution is -2.12. The number of rotatable bonds is 5. The maximum Gasteiger partial charge on any atom is 0.522 e. The summed E-state index contributed by atoms with van der Waals surface area (Å²) in [6.45, 7) is 3.54. The van der Waals surface area contributed by atoms with Crippen LogP contribution in [0.3, 0.4) is 0 Å². The van der Waals surface area contributed by atoms with Crippen molar-refractivity contribution >= 4 is 0 Å². The van der Waals surface area contributed by atoms with Gasteiger partial charge in [-0.3, -0.25) is 4.74 Å². The van der Waals surface area contributed by atoms with Crippen LogP contribution in [0.15, 0.2) is 23.8 Å². The number of halogens is 3. The van der Waals surface area contributed by atoms with Gasteiger partial charge in [0, 0.05) is 0 Å².